The Labute approximate surface area is 165 Å². The number of anilines is 2. The van der Waals surface area contributed by atoms with Gasteiger partial charge in [0.1, 0.15) is 6.61 Å². The molecule has 2 aromatic carbocycles. The zero-order chi connectivity index (χ0) is 18.6. The summed E-state index contributed by atoms with van der Waals surface area (Å²) in [6.45, 7) is 4.53. The van der Waals surface area contributed by atoms with Crippen LogP contribution in [0.25, 0.3) is 0 Å². The number of rotatable bonds is 5. The smallest absolute Gasteiger partial charge is 0.170 e. The number of aliphatic hydroxyl groups is 1. The van der Waals surface area contributed by atoms with Crippen molar-refractivity contribution in [2.75, 3.05) is 49.3 Å². The fourth-order valence-electron chi connectivity index (χ4n) is 3.59. The highest BCUT2D eigenvalue weighted by Crippen LogP contribution is 2.27. The third kappa shape index (κ3) is 3.90. The predicted molar refractivity (Wildman–Crippen MR) is 113 cm³/mol. The lowest BCUT2D eigenvalue weighted by atomic mass is 10.2. The molecule has 4 rings (SSSR count). The Kier molecular flexibility index (Phi) is 5.52. The van der Waals surface area contributed by atoms with Crippen LogP contribution in [0.2, 0.25) is 0 Å². The Morgan fingerprint density at radius 1 is 0.889 bits per heavy atom. The van der Waals surface area contributed by atoms with Crippen molar-refractivity contribution in [3.63, 3.8) is 0 Å². The van der Waals surface area contributed by atoms with E-state index in [1.165, 1.54) is 5.69 Å². The molecule has 0 aliphatic carbocycles. The zero-order valence-electron chi connectivity index (χ0n) is 15.2. The van der Waals surface area contributed by atoms with Gasteiger partial charge >= 0.3 is 0 Å². The first-order valence-corrected chi connectivity index (χ1v) is 9.77. The normalized spacial score (nSPS) is 20.9. The molecule has 0 amide bonds. The van der Waals surface area contributed by atoms with Gasteiger partial charge in [0.2, 0.25) is 0 Å². The van der Waals surface area contributed by atoms with E-state index in [-0.39, 0.29) is 12.1 Å². The Bertz CT molecular complexity index is 764. The van der Waals surface area contributed by atoms with Crippen LogP contribution in [0.15, 0.2) is 65.8 Å². The minimum Gasteiger partial charge on any atom is -0.388 e. The van der Waals surface area contributed by atoms with Crippen molar-refractivity contribution in [2.45, 2.75) is 5.50 Å². The van der Waals surface area contributed by atoms with E-state index in [4.69, 9.17) is 12.6 Å². The molecule has 1 saturated heterocycles. The van der Waals surface area contributed by atoms with Gasteiger partial charge in [-0.15, -0.1) is 12.6 Å². The number of hydrogen-bond acceptors (Lipinski definition) is 7. The summed E-state index contributed by atoms with van der Waals surface area (Å²) in [6, 6.07) is 20.5. The third-order valence-electron chi connectivity index (χ3n) is 5.03. The summed E-state index contributed by atoms with van der Waals surface area (Å²) in [5, 5.41) is 16.3. The Morgan fingerprint density at radius 2 is 1.48 bits per heavy atom. The van der Waals surface area contributed by atoms with E-state index in [2.05, 4.69) is 45.2 Å². The van der Waals surface area contributed by atoms with Crippen molar-refractivity contribution in [2.24, 2.45) is 5.10 Å². The van der Waals surface area contributed by atoms with E-state index in [1.54, 1.807) is 0 Å². The van der Waals surface area contributed by atoms with Crippen molar-refractivity contribution in [3.05, 3.63) is 60.7 Å². The highest BCUT2D eigenvalue weighted by atomic mass is 32.1. The lowest BCUT2D eigenvalue weighted by Gasteiger charge is -2.38. The maximum atomic E-state index is 9.75. The van der Waals surface area contributed by atoms with Gasteiger partial charge in [-0.2, -0.15) is 5.10 Å². The molecule has 1 unspecified atom stereocenters. The fraction of sp³-hybridized carbons (Fsp3) is 0.350. The molecule has 1 N–H and O–H groups in total. The van der Waals surface area contributed by atoms with Crippen LogP contribution in [0.4, 0.5) is 11.4 Å². The van der Waals surface area contributed by atoms with Crippen LogP contribution >= 0.6 is 12.6 Å². The van der Waals surface area contributed by atoms with Gasteiger partial charge in [0.05, 0.1) is 6.67 Å². The van der Waals surface area contributed by atoms with Crippen molar-refractivity contribution in [1.29, 1.82) is 0 Å². The summed E-state index contributed by atoms with van der Waals surface area (Å²) in [7, 11) is 0. The number of hydrogen-bond donors (Lipinski definition) is 2. The number of hydrazone groups is 1. The first-order valence-electron chi connectivity index (χ1n) is 9.26. The Hall–Kier alpha value is -2.22. The second-order valence-corrected chi connectivity index (χ2v) is 7.21. The number of benzene rings is 2. The van der Waals surface area contributed by atoms with Gasteiger partial charge in [-0.05, 0) is 24.3 Å². The molecule has 2 aliphatic rings. The van der Waals surface area contributed by atoms with Gasteiger partial charge in [0, 0.05) is 37.6 Å². The van der Waals surface area contributed by atoms with Gasteiger partial charge < -0.3 is 10.0 Å². The van der Waals surface area contributed by atoms with Crippen LogP contribution in [0, 0.1) is 0 Å². The number of piperazine rings is 1. The third-order valence-corrected chi connectivity index (χ3v) is 5.53. The molecule has 142 valence electrons. The second-order valence-electron chi connectivity index (χ2n) is 6.75. The molecular formula is C20H25N5OS. The minimum atomic E-state index is -0.221. The molecule has 7 heteroatoms. The lowest BCUT2D eigenvalue weighted by molar-refractivity contribution is 0.130. The molecule has 1 atom stereocenters. The van der Waals surface area contributed by atoms with Crippen molar-refractivity contribution in [3.8, 4) is 0 Å². The van der Waals surface area contributed by atoms with Gasteiger partial charge in [-0.25, -0.2) is 5.01 Å². The van der Waals surface area contributed by atoms with Crippen LogP contribution in [-0.4, -0.2) is 65.8 Å². The van der Waals surface area contributed by atoms with Crippen molar-refractivity contribution < 1.29 is 5.11 Å². The maximum Gasteiger partial charge on any atom is 0.170 e. The Balaban J connectivity index is 1.38. The molecule has 0 aromatic heterocycles. The largest absolute Gasteiger partial charge is 0.388 e. The van der Waals surface area contributed by atoms with Crippen molar-refractivity contribution in [1.82, 2.24) is 9.91 Å². The molecule has 1 fully saturated rings. The number of amidine groups is 1. The molecule has 2 heterocycles. The molecular weight excluding hydrogens is 358 g/mol. The standard InChI is InChI=1S/C20H25N5OS/c26-15-19-21-24(20(27)25(19)18-9-5-2-6-10-18)16-22-11-13-23(14-12-22)17-7-3-1-4-8-17/h1-10,20,26-27H,11-16H2. The summed E-state index contributed by atoms with van der Waals surface area (Å²) in [5.74, 6) is 0.629. The minimum absolute atomic E-state index is 0.107. The maximum absolute atomic E-state index is 9.75. The highest BCUT2D eigenvalue weighted by molar-refractivity contribution is 7.81. The van der Waals surface area contributed by atoms with E-state index < -0.39 is 0 Å². The summed E-state index contributed by atoms with van der Waals surface area (Å²) in [4.78, 5) is 6.77. The van der Waals surface area contributed by atoms with E-state index >= 15 is 0 Å². The van der Waals surface area contributed by atoms with E-state index in [0.29, 0.717) is 12.5 Å². The van der Waals surface area contributed by atoms with Crippen LogP contribution in [-0.2, 0) is 0 Å². The first-order chi connectivity index (χ1) is 13.3. The van der Waals surface area contributed by atoms with Crippen LogP contribution < -0.4 is 9.80 Å². The van der Waals surface area contributed by atoms with Crippen LogP contribution in [0.3, 0.4) is 0 Å². The summed E-state index contributed by atoms with van der Waals surface area (Å²) < 4.78 is 0. The number of thiol groups is 1. The fourth-order valence-corrected chi connectivity index (χ4v) is 3.98. The molecule has 2 aromatic rings. The molecule has 0 spiro atoms. The second kappa shape index (κ2) is 8.21. The monoisotopic (exact) mass is 383 g/mol. The molecule has 0 saturated carbocycles. The van der Waals surface area contributed by atoms with E-state index in [1.807, 2.05) is 40.2 Å². The Morgan fingerprint density at radius 3 is 2.07 bits per heavy atom. The van der Waals surface area contributed by atoms with Crippen LogP contribution in [0.1, 0.15) is 0 Å². The van der Waals surface area contributed by atoms with Crippen LogP contribution in [0.5, 0.6) is 0 Å². The number of para-hydroxylation sites is 2. The number of aliphatic hydroxyl groups excluding tert-OH is 1. The predicted octanol–water partition coefficient (Wildman–Crippen LogP) is 2.11. The SMILES string of the molecule is OCC1=NN(CN2CCN(c3ccccc3)CC2)C(S)N1c1ccccc1. The van der Waals surface area contributed by atoms with Gasteiger partial charge in [0.25, 0.3) is 0 Å². The zero-order valence-corrected chi connectivity index (χ0v) is 16.1. The van der Waals surface area contributed by atoms with Gasteiger partial charge in [-0.3, -0.25) is 9.80 Å². The highest BCUT2D eigenvalue weighted by Gasteiger charge is 2.33. The van der Waals surface area contributed by atoms with E-state index in [9.17, 15) is 5.11 Å². The lowest BCUT2D eigenvalue weighted by Crippen LogP contribution is -2.51. The summed E-state index contributed by atoms with van der Waals surface area (Å²) >= 11 is 4.77. The first kappa shape index (κ1) is 18.2. The topological polar surface area (TPSA) is 45.6 Å². The number of nitrogens with zero attached hydrogens (tertiary/aromatic N) is 5. The molecule has 0 bridgehead atoms. The average molecular weight is 384 g/mol. The van der Waals surface area contributed by atoms with E-state index in [0.717, 1.165) is 31.9 Å². The summed E-state index contributed by atoms with van der Waals surface area (Å²) in [6.07, 6.45) is 0. The molecule has 2 aliphatic heterocycles. The molecule has 27 heavy (non-hydrogen) atoms. The molecule has 0 radical (unpaired) electrons. The van der Waals surface area contributed by atoms with Crippen molar-refractivity contribution >= 4 is 29.8 Å². The quantitative estimate of drug-likeness (QED) is 0.775. The molecule has 6 nitrogen and oxygen atoms in total. The summed E-state index contributed by atoms with van der Waals surface area (Å²) in [5.41, 5.74) is 2.05. The average Bonchev–Trinajstić information content (AvgIpc) is 3.05. The van der Waals surface area contributed by atoms with Gasteiger partial charge in [0.15, 0.2) is 11.3 Å². The van der Waals surface area contributed by atoms with Gasteiger partial charge in [-0.1, -0.05) is 36.4 Å².